The Balaban J connectivity index is 0.000000791. The Morgan fingerprint density at radius 1 is 1.00 bits per heavy atom. The van der Waals surface area contributed by atoms with Gasteiger partial charge in [-0.2, -0.15) is 0 Å². The van der Waals surface area contributed by atoms with E-state index in [9.17, 15) is 0 Å². The average molecular weight is 200 g/mol. The molecule has 86 valence electrons. The minimum absolute atomic E-state index is 0.245. The van der Waals surface area contributed by atoms with E-state index in [1.165, 1.54) is 13.0 Å². The maximum atomic E-state index is 3.68. The van der Waals surface area contributed by atoms with Gasteiger partial charge in [-0.15, -0.1) is 0 Å². The monoisotopic (exact) mass is 200 g/mol. The van der Waals surface area contributed by atoms with Gasteiger partial charge in [0.1, 0.15) is 0 Å². The quantitative estimate of drug-likeness (QED) is 0.646. The highest BCUT2D eigenvalue weighted by Gasteiger charge is 2.31. The summed E-state index contributed by atoms with van der Waals surface area (Å²) < 4.78 is 0. The highest BCUT2D eigenvalue weighted by Crippen LogP contribution is 2.19. The largest absolute Gasteiger partial charge is 0.306 e. The van der Waals surface area contributed by atoms with Crippen LogP contribution in [0.5, 0.6) is 0 Å². The summed E-state index contributed by atoms with van der Waals surface area (Å²) in [5.41, 5.74) is 0.531. The number of likely N-dealkylation sites (N-methyl/N-ethyl adjacent to an activating group) is 1. The third-order valence-electron chi connectivity index (χ3n) is 2.46. The fraction of sp³-hybridized carbons (Fsp3) is 1.00. The van der Waals surface area contributed by atoms with Crippen molar-refractivity contribution >= 4 is 0 Å². The van der Waals surface area contributed by atoms with Gasteiger partial charge in [0.2, 0.25) is 0 Å². The molecule has 1 heterocycles. The number of nitrogens with one attached hydrogen (secondary N) is 1. The van der Waals surface area contributed by atoms with E-state index >= 15 is 0 Å². The first kappa shape index (κ1) is 13.9. The van der Waals surface area contributed by atoms with Crippen LogP contribution >= 0.6 is 0 Å². The molecule has 0 atom stereocenters. The molecule has 0 radical (unpaired) electrons. The molecule has 0 spiro atoms. The molecule has 2 heteroatoms. The summed E-state index contributed by atoms with van der Waals surface area (Å²) in [5, 5.41) is 3.68. The smallest absolute Gasteiger partial charge is 0.0256 e. The summed E-state index contributed by atoms with van der Waals surface area (Å²) in [7, 11) is 2.20. The van der Waals surface area contributed by atoms with Crippen molar-refractivity contribution in [2.24, 2.45) is 0 Å². The summed E-state index contributed by atoms with van der Waals surface area (Å²) in [6.07, 6.45) is 1.23. The van der Waals surface area contributed by atoms with Crippen LogP contribution < -0.4 is 5.32 Å². The van der Waals surface area contributed by atoms with Crippen LogP contribution in [0.2, 0.25) is 0 Å². The van der Waals surface area contributed by atoms with Crippen LogP contribution in [0.4, 0.5) is 0 Å². The molecule has 1 saturated heterocycles. The van der Waals surface area contributed by atoms with Crippen LogP contribution in [0, 0.1) is 0 Å². The highest BCUT2D eigenvalue weighted by molar-refractivity contribution is 4.93. The first-order chi connectivity index (χ1) is 6.31. The molecule has 2 nitrogen and oxygen atoms in total. The highest BCUT2D eigenvalue weighted by atomic mass is 15.2. The first-order valence-corrected chi connectivity index (χ1v) is 5.79. The molecule has 0 aliphatic carbocycles. The van der Waals surface area contributed by atoms with Crippen molar-refractivity contribution in [3.05, 3.63) is 0 Å². The van der Waals surface area contributed by atoms with E-state index in [0.717, 1.165) is 6.54 Å². The van der Waals surface area contributed by atoms with Gasteiger partial charge in [0.05, 0.1) is 0 Å². The molecule has 1 fully saturated rings. The molecule has 0 aromatic heterocycles. The number of hydrogen-bond donors (Lipinski definition) is 1. The molecule has 1 aliphatic heterocycles. The van der Waals surface area contributed by atoms with Crippen LogP contribution in [0.1, 0.15) is 48.0 Å². The lowest BCUT2D eigenvalue weighted by Crippen LogP contribution is -2.53. The van der Waals surface area contributed by atoms with Gasteiger partial charge in [-0.05, 0) is 47.7 Å². The summed E-state index contributed by atoms with van der Waals surface area (Å²) in [6, 6.07) is 0. The van der Waals surface area contributed by atoms with Crippen molar-refractivity contribution in [3.8, 4) is 0 Å². The summed E-state index contributed by atoms with van der Waals surface area (Å²) in [5.74, 6) is 0. The topological polar surface area (TPSA) is 15.3 Å². The van der Waals surface area contributed by atoms with Gasteiger partial charge in [0.15, 0.2) is 0 Å². The lowest BCUT2D eigenvalue weighted by Gasteiger charge is -2.34. The third-order valence-corrected chi connectivity index (χ3v) is 2.46. The van der Waals surface area contributed by atoms with Crippen molar-refractivity contribution in [2.75, 3.05) is 20.1 Å². The van der Waals surface area contributed by atoms with Gasteiger partial charge in [-0.3, -0.25) is 0 Å². The summed E-state index contributed by atoms with van der Waals surface area (Å²) in [4.78, 5) is 2.40. The Morgan fingerprint density at radius 3 is 2.00 bits per heavy atom. The van der Waals surface area contributed by atoms with Gasteiger partial charge >= 0.3 is 0 Å². The van der Waals surface area contributed by atoms with Crippen molar-refractivity contribution in [2.45, 2.75) is 59.0 Å². The molecule has 14 heavy (non-hydrogen) atoms. The summed E-state index contributed by atoms with van der Waals surface area (Å²) >= 11 is 0. The number of nitrogens with zero attached hydrogens (tertiary/aromatic N) is 1. The lowest BCUT2D eigenvalue weighted by atomic mass is 9.96. The van der Waals surface area contributed by atoms with Crippen LogP contribution in [-0.4, -0.2) is 36.1 Å². The van der Waals surface area contributed by atoms with Gasteiger partial charge in [0, 0.05) is 17.6 Å². The Morgan fingerprint density at radius 2 is 1.50 bits per heavy atom. The van der Waals surface area contributed by atoms with Crippen LogP contribution in [0.25, 0.3) is 0 Å². The van der Waals surface area contributed by atoms with E-state index in [0.29, 0.717) is 0 Å². The van der Waals surface area contributed by atoms with E-state index in [4.69, 9.17) is 0 Å². The molecule has 1 aliphatic rings. The van der Waals surface area contributed by atoms with E-state index in [-0.39, 0.29) is 11.1 Å². The average Bonchev–Trinajstić information content (AvgIpc) is 2.10. The van der Waals surface area contributed by atoms with Crippen molar-refractivity contribution < 1.29 is 0 Å². The fourth-order valence-electron chi connectivity index (χ4n) is 2.24. The zero-order chi connectivity index (χ0) is 11.4. The maximum Gasteiger partial charge on any atom is 0.0256 e. The zero-order valence-corrected chi connectivity index (χ0v) is 11.1. The number of hydrogen-bond acceptors (Lipinski definition) is 2. The van der Waals surface area contributed by atoms with Gasteiger partial charge < -0.3 is 10.2 Å². The van der Waals surface area contributed by atoms with Gasteiger partial charge in [0.25, 0.3) is 0 Å². The molecular formula is C12H28N2. The van der Waals surface area contributed by atoms with Crippen molar-refractivity contribution in [1.29, 1.82) is 0 Å². The minimum Gasteiger partial charge on any atom is -0.306 e. The molecule has 0 saturated carbocycles. The number of rotatable bonds is 0. The molecule has 0 aromatic carbocycles. The third kappa shape index (κ3) is 4.97. The lowest BCUT2D eigenvalue weighted by molar-refractivity contribution is 0.252. The van der Waals surface area contributed by atoms with E-state index in [2.05, 4.69) is 45.0 Å². The first-order valence-electron chi connectivity index (χ1n) is 5.79. The predicted molar refractivity (Wildman–Crippen MR) is 64.8 cm³/mol. The Hall–Kier alpha value is -0.0800. The van der Waals surface area contributed by atoms with Crippen LogP contribution in [0.3, 0.4) is 0 Å². The standard InChI is InChI=1S/C10H22N2.C2H6/c1-9(2)6-7-12(5)8-10(3,4)11-9;1-2/h11H,6-8H2,1-5H3;1-2H3. The Labute approximate surface area is 90.1 Å². The molecule has 0 amide bonds. The second kappa shape index (κ2) is 5.13. The second-order valence-electron chi connectivity index (χ2n) is 5.38. The van der Waals surface area contributed by atoms with Crippen LogP contribution in [-0.2, 0) is 0 Å². The van der Waals surface area contributed by atoms with E-state index in [1.807, 2.05) is 13.8 Å². The second-order valence-corrected chi connectivity index (χ2v) is 5.38. The van der Waals surface area contributed by atoms with Crippen molar-refractivity contribution in [3.63, 3.8) is 0 Å². The molecular weight excluding hydrogens is 172 g/mol. The Kier molecular flexibility index (Phi) is 5.10. The normalized spacial score (nSPS) is 25.9. The maximum absolute atomic E-state index is 3.68. The molecule has 1 rings (SSSR count). The zero-order valence-electron chi connectivity index (χ0n) is 11.1. The molecule has 0 unspecified atom stereocenters. The molecule has 1 N–H and O–H groups in total. The molecule has 0 bridgehead atoms. The van der Waals surface area contributed by atoms with E-state index < -0.39 is 0 Å². The summed E-state index contributed by atoms with van der Waals surface area (Å²) in [6.45, 7) is 15.5. The predicted octanol–water partition coefficient (Wildman–Crippen LogP) is 2.49. The van der Waals surface area contributed by atoms with Gasteiger partial charge in [-0.25, -0.2) is 0 Å². The van der Waals surface area contributed by atoms with E-state index in [1.54, 1.807) is 0 Å². The molecule has 0 aromatic rings. The van der Waals surface area contributed by atoms with Crippen LogP contribution in [0.15, 0.2) is 0 Å². The van der Waals surface area contributed by atoms with Gasteiger partial charge in [-0.1, -0.05) is 13.8 Å². The fourth-order valence-corrected chi connectivity index (χ4v) is 2.24. The SMILES string of the molecule is CC.CN1CCC(C)(C)NC(C)(C)C1. The Bertz CT molecular complexity index is 162. The minimum atomic E-state index is 0.245. The van der Waals surface area contributed by atoms with Crippen molar-refractivity contribution in [1.82, 2.24) is 10.2 Å².